The minimum atomic E-state index is -0.758. The van der Waals surface area contributed by atoms with Crippen LogP contribution in [-0.4, -0.2) is 23.1 Å². The first-order valence-electron chi connectivity index (χ1n) is 9.53. The lowest BCUT2D eigenvalue weighted by atomic mass is 9.86. The number of nitriles is 1. The zero-order valence-corrected chi connectivity index (χ0v) is 16.1. The topological polar surface area (TPSA) is 111 Å². The first-order chi connectivity index (χ1) is 13.9. The lowest BCUT2D eigenvalue weighted by Crippen LogP contribution is -2.41. The number of carbonyl (C=O) groups is 2. The Balaban J connectivity index is 1.54. The molecular formula is C22H23N3O4. The minimum absolute atomic E-state index is 0.00936. The van der Waals surface area contributed by atoms with Gasteiger partial charge in [-0.1, -0.05) is 0 Å². The molecule has 1 aliphatic carbocycles. The van der Waals surface area contributed by atoms with Gasteiger partial charge < -0.3 is 20.5 Å². The van der Waals surface area contributed by atoms with E-state index in [-0.39, 0.29) is 18.0 Å². The number of aliphatic carboxylic acids is 1. The number of carbonyl (C=O) groups excluding carboxylic acids is 1. The summed E-state index contributed by atoms with van der Waals surface area (Å²) in [5.74, 6) is 0.192. The standard InChI is InChI=1S/C22H23N3O4/c1-14-12-19(29-18-8-2-15(13-23)3-9-18)10-11-20(14)25-22(28)24-17-6-4-16(5-7-17)21(26)27/h2-3,8-12,16-17H,4-7H2,1H3,(H,26,27)(H2,24,25,28). The lowest BCUT2D eigenvalue weighted by molar-refractivity contribution is -0.142. The Bertz CT molecular complexity index is 926. The monoisotopic (exact) mass is 393 g/mol. The Hall–Kier alpha value is -3.53. The molecule has 0 spiro atoms. The fraction of sp³-hybridized carbons (Fsp3) is 0.318. The van der Waals surface area contributed by atoms with Crippen LogP contribution in [0.15, 0.2) is 42.5 Å². The maximum Gasteiger partial charge on any atom is 0.319 e. The number of hydrogen-bond acceptors (Lipinski definition) is 4. The van der Waals surface area contributed by atoms with E-state index in [1.54, 1.807) is 36.4 Å². The van der Waals surface area contributed by atoms with Gasteiger partial charge in [0.2, 0.25) is 0 Å². The zero-order chi connectivity index (χ0) is 20.8. The van der Waals surface area contributed by atoms with E-state index < -0.39 is 5.97 Å². The third kappa shape index (κ3) is 5.48. The van der Waals surface area contributed by atoms with Gasteiger partial charge >= 0.3 is 12.0 Å². The number of ether oxygens (including phenoxy) is 1. The third-order valence-corrected chi connectivity index (χ3v) is 5.08. The molecule has 3 rings (SSSR count). The van der Waals surface area contributed by atoms with Crippen LogP contribution in [0.4, 0.5) is 10.5 Å². The van der Waals surface area contributed by atoms with Crippen molar-refractivity contribution in [2.75, 3.05) is 5.32 Å². The molecule has 0 unspecified atom stereocenters. The molecule has 150 valence electrons. The number of anilines is 1. The van der Waals surface area contributed by atoms with E-state index in [2.05, 4.69) is 16.7 Å². The van der Waals surface area contributed by atoms with Crippen molar-refractivity contribution in [3.63, 3.8) is 0 Å². The number of carboxylic acids is 1. The minimum Gasteiger partial charge on any atom is -0.481 e. The highest BCUT2D eigenvalue weighted by atomic mass is 16.5. The quantitative estimate of drug-likeness (QED) is 0.696. The molecule has 0 heterocycles. The number of nitrogens with zero attached hydrogens (tertiary/aromatic N) is 1. The van der Waals surface area contributed by atoms with E-state index in [1.807, 2.05) is 13.0 Å². The second-order valence-electron chi connectivity index (χ2n) is 7.20. The molecule has 2 aromatic rings. The third-order valence-electron chi connectivity index (χ3n) is 5.08. The summed E-state index contributed by atoms with van der Waals surface area (Å²) in [6, 6.07) is 13.9. The second kappa shape index (κ2) is 9.11. The van der Waals surface area contributed by atoms with Crippen molar-refractivity contribution in [3.8, 4) is 17.6 Å². The van der Waals surface area contributed by atoms with Gasteiger partial charge in [0, 0.05) is 11.7 Å². The number of nitrogens with one attached hydrogen (secondary N) is 2. The van der Waals surface area contributed by atoms with Crippen LogP contribution in [0.3, 0.4) is 0 Å². The fourth-order valence-corrected chi connectivity index (χ4v) is 3.40. The number of carboxylic acid groups (broad SMARTS) is 1. The van der Waals surface area contributed by atoms with Gasteiger partial charge in [-0.2, -0.15) is 5.26 Å². The van der Waals surface area contributed by atoms with Crippen LogP contribution in [0.5, 0.6) is 11.5 Å². The van der Waals surface area contributed by atoms with Gasteiger partial charge in [0.15, 0.2) is 0 Å². The Morgan fingerprint density at radius 2 is 1.72 bits per heavy atom. The summed E-state index contributed by atoms with van der Waals surface area (Å²) in [5, 5.41) is 23.6. The van der Waals surface area contributed by atoms with Crippen molar-refractivity contribution in [2.45, 2.75) is 38.6 Å². The zero-order valence-electron chi connectivity index (χ0n) is 16.1. The first-order valence-corrected chi connectivity index (χ1v) is 9.53. The van der Waals surface area contributed by atoms with Crippen LogP contribution < -0.4 is 15.4 Å². The van der Waals surface area contributed by atoms with Gasteiger partial charge in [-0.05, 0) is 80.6 Å². The van der Waals surface area contributed by atoms with E-state index in [0.717, 1.165) is 5.56 Å². The average Bonchev–Trinajstić information content (AvgIpc) is 2.71. The molecule has 0 bridgehead atoms. The highest BCUT2D eigenvalue weighted by Crippen LogP contribution is 2.27. The van der Waals surface area contributed by atoms with Crippen molar-refractivity contribution in [3.05, 3.63) is 53.6 Å². The summed E-state index contributed by atoms with van der Waals surface area (Å²) in [6.07, 6.45) is 2.50. The Morgan fingerprint density at radius 1 is 1.07 bits per heavy atom. The molecule has 1 fully saturated rings. The summed E-state index contributed by atoms with van der Waals surface area (Å²) in [4.78, 5) is 23.3. The second-order valence-corrected chi connectivity index (χ2v) is 7.20. The molecule has 2 aromatic carbocycles. The van der Waals surface area contributed by atoms with Crippen molar-refractivity contribution in [1.29, 1.82) is 5.26 Å². The van der Waals surface area contributed by atoms with Crippen molar-refractivity contribution in [1.82, 2.24) is 5.32 Å². The maximum absolute atomic E-state index is 12.3. The van der Waals surface area contributed by atoms with Crippen LogP contribution in [0.25, 0.3) is 0 Å². The van der Waals surface area contributed by atoms with Gasteiger partial charge in [-0.3, -0.25) is 4.79 Å². The number of aryl methyl sites for hydroxylation is 1. The van der Waals surface area contributed by atoms with Crippen molar-refractivity contribution in [2.24, 2.45) is 5.92 Å². The Labute approximate surface area is 169 Å². The molecule has 7 heteroatoms. The lowest BCUT2D eigenvalue weighted by Gasteiger charge is -2.27. The van der Waals surface area contributed by atoms with E-state index >= 15 is 0 Å². The summed E-state index contributed by atoms with van der Waals surface area (Å²) >= 11 is 0. The summed E-state index contributed by atoms with van der Waals surface area (Å²) in [5.41, 5.74) is 2.09. The fourth-order valence-electron chi connectivity index (χ4n) is 3.40. The summed E-state index contributed by atoms with van der Waals surface area (Å²) in [6.45, 7) is 1.87. The number of benzene rings is 2. The van der Waals surface area contributed by atoms with E-state index in [0.29, 0.717) is 48.4 Å². The largest absolute Gasteiger partial charge is 0.481 e. The number of hydrogen-bond donors (Lipinski definition) is 3. The molecule has 0 atom stereocenters. The summed E-state index contributed by atoms with van der Waals surface area (Å²) in [7, 11) is 0. The van der Waals surface area contributed by atoms with Crippen LogP contribution >= 0.6 is 0 Å². The Kier molecular flexibility index (Phi) is 6.35. The highest BCUT2D eigenvalue weighted by molar-refractivity contribution is 5.90. The average molecular weight is 393 g/mol. The SMILES string of the molecule is Cc1cc(Oc2ccc(C#N)cc2)ccc1NC(=O)NC1CCC(C(=O)O)CC1. The predicted octanol–water partition coefficient (Wildman–Crippen LogP) is 4.42. The molecule has 0 aromatic heterocycles. The molecule has 0 aliphatic heterocycles. The molecule has 1 aliphatic rings. The first kappa shape index (κ1) is 20.2. The van der Waals surface area contributed by atoms with Crippen molar-refractivity contribution < 1.29 is 19.4 Å². The van der Waals surface area contributed by atoms with Gasteiger partial charge in [0.05, 0.1) is 17.6 Å². The number of rotatable bonds is 5. The smallest absolute Gasteiger partial charge is 0.319 e. The number of amides is 2. The van der Waals surface area contributed by atoms with Crippen molar-refractivity contribution >= 4 is 17.7 Å². The molecular weight excluding hydrogens is 370 g/mol. The van der Waals surface area contributed by atoms with E-state index in [1.165, 1.54) is 0 Å². The highest BCUT2D eigenvalue weighted by Gasteiger charge is 2.26. The normalized spacial score (nSPS) is 18.3. The molecule has 3 N–H and O–H groups in total. The van der Waals surface area contributed by atoms with Crippen LogP contribution in [0, 0.1) is 24.2 Å². The molecule has 7 nitrogen and oxygen atoms in total. The molecule has 0 radical (unpaired) electrons. The Morgan fingerprint density at radius 3 is 2.31 bits per heavy atom. The molecule has 1 saturated carbocycles. The summed E-state index contributed by atoms with van der Waals surface area (Å²) < 4.78 is 5.78. The van der Waals surface area contributed by atoms with Crippen LogP contribution in [0.1, 0.15) is 36.8 Å². The van der Waals surface area contributed by atoms with Gasteiger partial charge in [-0.25, -0.2) is 4.79 Å². The molecule has 29 heavy (non-hydrogen) atoms. The maximum atomic E-state index is 12.3. The van der Waals surface area contributed by atoms with Gasteiger partial charge in [-0.15, -0.1) is 0 Å². The van der Waals surface area contributed by atoms with Crippen LogP contribution in [-0.2, 0) is 4.79 Å². The van der Waals surface area contributed by atoms with Crippen LogP contribution in [0.2, 0.25) is 0 Å². The predicted molar refractivity (Wildman–Crippen MR) is 108 cm³/mol. The van der Waals surface area contributed by atoms with Gasteiger partial charge in [0.25, 0.3) is 0 Å². The number of urea groups is 1. The van der Waals surface area contributed by atoms with E-state index in [9.17, 15) is 9.59 Å². The van der Waals surface area contributed by atoms with E-state index in [4.69, 9.17) is 15.1 Å². The molecule has 0 saturated heterocycles. The molecule has 2 amide bonds. The van der Waals surface area contributed by atoms with Gasteiger partial charge in [0.1, 0.15) is 11.5 Å².